The molecule has 2 N–H and O–H groups in total. The van der Waals surface area contributed by atoms with E-state index in [2.05, 4.69) is 20.6 Å². The minimum Gasteiger partial charge on any atom is -0.477 e. The number of alkyl halides is 3. The lowest BCUT2D eigenvalue weighted by atomic mass is 10.0. The Labute approximate surface area is 213 Å². The smallest absolute Gasteiger partial charge is 0.436 e. The minimum absolute atomic E-state index is 0.0494. The molecule has 0 radical (unpaired) electrons. The Hall–Kier alpha value is -2.30. The van der Waals surface area contributed by atoms with E-state index in [-0.39, 0.29) is 11.4 Å². The summed E-state index contributed by atoms with van der Waals surface area (Å²) in [6.07, 6.45) is -4.78. The zero-order valence-corrected chi connectivity index (χ0v) is 21.1. The lowest BCUT2D eigenvalue weighted by molar-refractivity contribution is -0.150. The molecule has 0 spiro atoms. The summed E-state index contributed by atoms with van der Waals surface area (Å²) in [5.74, 6) is -2.02. The van der Waals surface area contributed by atoms with Gasteiger partial charge < -0.3 is 10.4 Å². The summed E-state index contributed by atoms with van der Waals surface area (Å²) in [4.78, 5) is 38.3. The Bertz CT molecular complexity index is 1250. The first-order valence-electron chi connectivity index (χ1n) is 9.80. The molecule has 2 aliphatic heterocycles. The fourth-order valence-corrected chi connectivity index (χ4v) is 7.04. The van der Waals surface area contributed by atoms with Crippen LogP contribution in [0.25, 0.3) is 0 Å². The molecule has 4 heterocycles. The number of β-lactam (4-membered cyclic amide) rings is 1. The van der Waals surface area contributed by atoms with Crippen LogP contribution in [0.3, 0.4) is 0 Å². The van der Waals surface area contributed by atoms with Gasteiger partial charge in [0.05, 0.1) is 10.7 Å². The second-order valence-corrected chi connectivity index (χ2v) is 11.4. The van der Waals surface area contributed by atoms with Crippen molar-refractivity contribution in [3.8, 4) is 0 Å². The standard InChI is InChI=1S/C18H16ClF3N6O4S3/c1-6-10(19)13(18(20,21)22)26-27(6)3-9(29)23-11-14(30)28-12(16(31)32)8(4-33-15(11)28)5-34-17-25-24-7(2)35-17/h11,15H,3-5H2,1-2H3,(H,23,29)(H,31,32)/t11-,15-/m1/s1. The number of thioether (sulfide) groups is 2. The highest BCUT2D eigenvalue weighted by Crippen LogP contribution is 2.42. The number of rotatable bonds is 7. The van der Waals surface area contributed by atoms with E-state index < -0.39 is 52.6 Å². The summed E-state index contributed by atoms with van der Waals surface area (Å²) >= 11 is 9.68. The monoisotopic (exact) mass is 568 g/mol. The summed E-state index contributed by atoms with van der Waals surface area (Å²) < 4.78 is 40.5. The molecule has 1 saturated heterocycles. The molecule has 17 heteroatoms. The van der Waals surface area contributed by atoms with Crippen LogP contribution < -0.4 is 5.32 Å². The van der Waals surface area contributed by atoms with Gasteiger partial charge in [0.2, 0.25) is 5.91 Å². The number of halogens is 4. The van der Waals surface area contributed by atoms with Crippen LogP contribution in [0.4, 0.5) is 13.2 Å². The van der Waals surface area contributed by atoms with Gasteiger partial charge >= 0.3 is 12.1 Å². The van der Waals surface area contributed by atoms with E-state index >= 15 is 0 Å². The van der Waals surface area contributed by atoms with Crippen LogP contribution in [0.5, 0.6) is 0 Å². The van der Waals surface area contributed by atoms with Gasteiger partial charge in [-0.05, 0) is 19.4 Å². The van der Waals surface area contributed by atoms with Gasteiger partial charge in [-0.1, -0.05) is 34.7 Å². The molecule has 0 aromatic carbocycles. The predicted molar refractivity (Wildman–Crippen MR) is 122 cm³/mol. The molecule has 2 aromatic rings. The average molecular weight is 569 g/mol. The van der Waals surface area contributed by atoms with Crippen molar-refractivity contribution in [2.45, 2.75) is 42.3 Å². The molecular formula is C18H16ClF3N6O4S3. The highest BCUT2D eigenvalue weighted by atomic mass is 35.5. The molecule has 2 aromatic heterocycles. The molecule has 0 saturated carbocycles. The SMILES string of the molecule is Cc1nnc(SCC2=C(C(=O)O)N3C(=O)[C@@H](NC(=O)Cn4nc(C(F)(F)F)c(Cl)c4C)[C@H]3SC2)s1. The molecule has 35 heavy (non-hydrogen) atoms. The number of hydrogen-bond acceptors (Lipinski definition) is 9. The third kappa shape index (κ3) is 5.01. The van der Waals surface area contributed by atoms with E-state index in [1.165, 1.54) is 41.8 Å². The number of nitrogens with zero attached hydrogens (tertiary/aromatic N) is 5. The Morgan fingerprint density at radius 1 is 1.31 bits per heavy atom. The maximum absolute atomic E-state index is 13.0. The van der Waals surface area contributed by atoms with E-state index in [4.69, 9.17) is 11.6 Å². The van der Waals surface area contributed by atoms with Gasteiger partial charge in [-0.2, -0.15) is 18.3 Å². The van der Waals surface area contributed by atoms with Crippen molar-refractivity contribution in [3.63, 3.8) is 0 Å². The van der Waals surface area contributed by atoms with Gasteiger partial charge in [0.1, 0.15) is 28.7 Å². The summed E-state index contributed by atoms with van der Waals surface area (Å²) in [6.45, 7) is 2.50. The Balaban J connectivity index is 1.44. The topological polar surface area (TPSA) is 130 Å². The summed E-state index contributed by atoms with van der Waals surface area (Å²) in [7, 11) is 0. The van der Waals surface area contributed by atoms with E-state index in [0.717, 1.165) is 14.6 Å². The summed E-state index contributed by atoms with van der Waals surface area (Å²) in [5.41, 5.74) is -0.950. The molecule has 2 aliphatic rings. The highest BCUT2D eigenvalue weighted by Gasteiger charge is 2.54. The van der Waals surface area contributed by atoms with Crippen LogP contribution in [-0.2, 0) is 27.1 Å². The van der Waals surface area contributed by atoms with Gasteiger partial charge in [-0.25, -0.2) is 4.79 Å². The van der Waals surface area contributed by atoms with Crippen molar-refractivity contribution in [1.29, 1.82) is 0 Å². The molecule has 4 rings (SSSR count). The molecule has 0 unspecified atom stereocenters. The molecule has 2 amide bonds. The first kappa shape index (κ1) is 25.8. The Kier molecular flexibility index (Phi) is 7.09. The van der Waals surface area contributed by atoms with Crippen LogP contribution in [0.1, 0.15) is 16.4 Å². The van der Waals surface area contributed by atoms with Gasteiger partial charge in [0, 0.05) is 11.5 Å². The number of fused-ring (bicyclic) bond motifs is 1. The van der Waals surface area contributed by atoms with Crippen molar-refractivity contribution in [1.82, 2.24) is 30.2 Å². The molecule has 2 atom stereocenters. The number of aliphatic carboxylic acids is 1. The molecular weight excluding hydrogens is 553 g/mol. The van der Waals surface area contributed by atoms with Gasteiger partial charge in [-0.15, -0.1) is 22.0 Å². The van der Waals surface area contributed by atoms with Crippen LogP contribution in [0.2, 0.25) is 5.02 Å². The van der Waals surface area contributed by atoms with E-state index in [9.17, 15) is 32.7 Å². The van der Waals surface area contributed by atoms with E-state index in [0.29, 0.717) is 21.4 Å². The summed E-state index contributed by atoms with van der Waals surface area (Å²) in [5, 5.41) is 23.0. The normalized spacial score (nSPS) is 20.1. The number of carboxylic acid groups (broad SMARTS) is 1. The second-order valence-electron chi connectivity index (χ2n) is 7.49. The number of carbonyl (C=O) groups excluding carboxylic acids is 2. The van der Waals surface area contributed by atoms with Crippen LogP contribution in [0.15, 0.2) is 15.6 Å². The fraction of sp³-hybridized carbons (Fsp3) is 0.444. The van der Waals surface area contributed by atoms with Crippen molar-refractivity contribution in [2.75, 3.05) is 11.5 Å². The van der Waals surface area contributed by atoms with E-state index in [1.807, 2.05) is 0 Å². The van der Waals surface area contributed by atoms with E-state index in [1.54, 1.807) is 6.92 Å². The van der Waals surface area contributed by atoms with Crippen molar-refractivity contribution in [2.24, 2.45) is 0 Å². The van der Waals surface area contributed by atoms with Gasteiger partial charge in [0.15, 0.2) is 10.0 Å². The molecule has 0 aliphatic carbocycles. The van der Waals surface area contributed by atoms with Crippen LogP contribution >= 0.6 is 46.5 Å². The predicted octanol–water partition coefficient (Wildman–Crippen LogP) is 2.55. The van der Waals surface area contributed by atoms with Crippen LogP contribution in [-0.4, -0.2) is 70.7 Å². The average Bonchev–Trinajstić information content (AvgIpc) is 3.32. The van der Waals surface area contributed by atoms with Gasteiger partial charge in [0.25, 0.3) is 5.91 Å². The summed E-state index contributed by atoms with van der Waals surface area (Å²) in [6, 6.07) is -1.02. The zero-order chi connectivity index (χ0) is 25.7. The number of aromatic nitrogens is 4. The first-order chi connectivity index (χ1) is 16.4. The lowest BCUT2D eigenvalue weighted by Gasteiger charge is -2.49. The largest absolute Gasteiger partial charge is 0.477 e. The zero-order valence-electron chi connectivity index (χ0n) is 17.9. The first-order valence-corrected chi connectivity index (χ1v) is 13.0. The maximum atomic E-state index is 13.0. The van der Waals surface area contributed by atoms with Gasteiger partial charge in [-0.3, -0.25) is 19.2 Å². The van der Waals surface area contributed by atoms with Crippen molar-refractivity contribution >= 4 is 64.2 Å². The van der Waals surface area contributed by atoms with Crippen molar-refractivity contribution < 1.29 is 32.7 Å². The number of nitrogens with one attached hydrogen (secondary N) is 1. The lowest BCUT2D eigenvalue weighted by Crippen LogP contribution is -2.70. The second kappa shape index (κ2) is 9.63. The molecule has 10 nitrogen and oxygen atoms in total. The third-order valence-corrected chi connectivity index (χ3v) is 8.99. The highest BCUT2D eigenvalue weighted by molar-refractivity contribution is 8.01. The fourth-order valence-electron chi connectivity index (χ4n) is 3.49. The number of amides is 2. The number of aryl methyl sites for hydroxylation is 1. The molecule has 0 bridgehead atoms. The Morgan fingerprint density at radius 2 is 2.03 bits per heavy atom. The Morgan fingerprint density at radius 3 is 2.60 bits per heavy atom. The van der Waals surface area contributed by atoms with Crippen molar-refractivity contribution in [3.05, 3.63) is 32.7 Å². The number of carboxylic acids is 1. The quantitative estimate of drug-likeness (QED) is 0.382. The number of hydrogen-bond donors (Lipinski definition) is 2. The number of carbonyl (C=O) groups is 3. The molecule has 188 valence electrons. The minimum atomic E-state index is -4.78. The third-order valence-electron chi connectivity index (χ3n) is 5.14. The molecule has 1 fully saturated rings. The van der Waals surface area contributed by atoms with Crippen LogP contribution in [0, 0.1) is 13.8 Å². The maximum Gasteiger partial charge on any atom is 0.436 e.